The lowest BCUT2D eigenvalue weighted by Crippen LogP contribution is -2.29. The van der Waals surface area contributed by atoms with Crippen LogP contribution < -0.4 is 15.8 Å². The van der Waals surface area contributed by atoms with Crippen molar-refractivity contribution in [1.29, 1.82) is 0 Å². The Balaban J connectivity index is 1.36. The molecule has 3 aromatic rings. The van der Waals surface area contributed by atoms with Gasteiger partial charge in [-0.1, -0.05) is 158 Å². The summed E-state index contributed by atoms with van der Waals surface area (Å²) in [7, 11) is 0. The number of hydrogen-bond acceptors (Lipinski definition) is 3. The molecular formula is C36H50N2O3. The molecule has 2 amide bonds. The maximum absolute atomic E-state index is 12.8. The topological polar surface area (TPSA) is 81.4 Å². The van der Waals surface area contributed by atoms with E-state index in [2.05, 4.69) is 12.2 Å². The average molecular weight is 559 g/mol. The number of hydrogen-bond donors (Lipinski definition) is 2. The Morgan fingerprint density at radius 1 is 0.683 bits per heavy atom. The summed E-state index contributed by atoms with van der Waals surface area (Å²) in [6, 6.07) is 19.0. The van der Waals surface area contributed by atoms with Crippen LogP contribution in [0, 0.1) is 0 Å². The molecule has 0 atom stereocenters. The van der Waals surface area contributed by atoms with E-state index in [0.717, 1.165) is 23.8 Å². The summed E-state index contributed by atoms with van der Waals surface area (Å²) in [6.45, 7) is 2.81. The number of primary amides is 1. The largest absolute Gasteiger partial charge is 0.412 e. The van der Waals surface area contributed by atoms with E-state index in [4.69, 9.17) is 10.5 Å². The Hall–Kier alpha value is -3.34. The highest BCUT2D eigenvalue weighted by atomic mass is 16.6. The number of nitrogens with one attached hydrogen (secondary N) is 1. The van der Waals surface area contributed by atoms with Gasteiger partial charge in [0.05, 0.1) is 5.56 Å². The summed E-state index contributed by atoms with van der Waals surface area (Å²) in [5, 5.41) is 4.39. The van der Waals surface area contributed by atoms with Gasteiger partial charge in [0.25, 0.3) is 5.91 Å². The number of ether oxygens (including phenoxy) is 1. The molecular weight excluding hydrogens is 508 g/mol. The fourth-order valence-electron chi connectivity index (χ4n) is 5.50. The minimum Gasteiger partial charge on any atom is -0.409 e. The molecule has 3 aromatic carbocycles. The molecule has 0 spiro atoms. The van der Waals surface area contributed by atoms with E-state index in [1.54, 1.807) is 0 Å². The summed E-state index contributed by atoms with van der Waals surface area (Å²) in [5.74, 6) is -0.425. The van der Waals surface area contributed by atoms with Crippen molar-refractivity contribution in [2.45, 2.75) is 110 Å². The fraction of sp³-hybridized carbons (Fsp3) is 0.500. The third kappa shape index (κ3) is 11.2. The van der Waals surface area contributed by atoms with E-state index in [1.165, 1.54) is 89.9 Å². The Morgan fingerprint density at radius 2 is 1.20 bits per heavy atom. The van der Waals surface area contributed by atoms with Gasteiger partial charge in [0.15, 0.2) is 5.75 Å². The first-order chi connectivity index (χ1) is 20.1. The molecule has 0 aliphatic rings. The average Bonchev–Trinajstić information content (AvgIpc) is 2.98. The summed E-state index contributed by atoms with van der Waals surface area (Å²) in [5.41, 5.74) is 7.53. The van der Waals surface area contributed by atoms with Crippen molar-refractivity contribution in [2.75, 3.05) is 6.54 Å². The maximum atomic E-state index is 12.8. The smallest absolute Gasteiger partial charge is 0.409 e. The summed E-state index contributed by atoms with van der Waals surface area (Å²) in [4.78, 5) is 25.3. The molecule has 0 radical (unpaired) electrons. The molecule has 0 saturated heterocycles. The third-order valence-corrected chi connectivity index (χ3v) is 7.83. The first kappa shape index (κ1) is 32.2. The van der Waals surface area contributed by atoms with E-state index in [0.29, 0.717) is 17.5 Å². The first-order valence-corrected chi connectivity index (χ1v) is 16.0. The van der Waals surface area contributed by atoms with Crippen LogP contribution >= 0.6 is 0 Å². The Morgan fingerprint density at radius 3 is 1.76 bits per heavy atom. The van der Waals surface area contributed by atoms with E-state index in [-0.39, 0.29) is 11.3 Å². The fourth-order valence-corrected chi connectivity index (χ4v) is 5.50. The predicted molar refractivity (Wildman–Crippen MR) is 171 cm³/mol. The monoisotopic (exact) mass is 558 g/mol. The van der Waals surface area contributed by atoms with Gasteiger partial charge >= 0.3 is 6.09 Å². The lowest BCUT2D eigenvalue weighted by Gasteiger charge is -2.16. The van der Waals surface area contributed by atoms with Crippen LogP contribution in [0.4, 0.5) is 4.79 Å². The predicted octanol–water partition coefficient (Wildman–Crippen LogP) is 9.96. The Kier molecular flexibility index (Phi) is 14.8. The molecule has 3 rings (SSSR count). The first-order valence-electron chi connectivity index (χ1n) is 16.0. The van der Waals surface area contributed by atoms with E-state index < -0.39 is 12.0 Å². The number of fused-ring (bicyclic) bond motifs is 1. The second-order valence-corrected chi connectivity index (χ2v) is 11.2. The van der Waals surface area contributed by atoms with Gasteiger partial charge < -0.3 is 15.8 Å². The lowest BCUT2D eigenvalue weighted by atomic mass is 9.95. The van der Waals surface area contributed by atoms with Crippen molar-refractivity contribution in [1.82, 2.24) is 5.32 Å². The molecule has 5 nitrogen and oxygen atoms in total. The molecule has 3 N–H and O–H groups in total. The number of unbranched alkanes of at least 4 members (excludes halogenated alkanes) is 15. The van der Waals surface area contributed by atoms with Crippen LogP contribution in [0.3, 0.4) is 0 Å². The van der Waals surface area contributed by atoms with Gasteiger partial charge in [-0.25, -0.2) is 4.79 Å². The van der Waals surface area contributed by atoms with Gasteiger partial charge in [-0.2, -0.15) is 0 Å². The number of carbonyl (C=O) groups excluding carboxylic acids is 2. The molecule has 0 aromatic heterocycles. The number of rotatable bonds is 20. The van der Waals surface area contributed by atoms with Crippen LogP contribution in [-0.2, 0) is 0 Å². The van der Waals surface area contributed by atoms with Gasteiger partial charge in [0.1, 0.15) is 0 Å². The van der Waals surface area contributed by atoms with Crippen molar-refractivity contribution in [3.05, 3.63) is 66.2 Å². The van der Waals surface area contributed by atoms with Crippen LogP contribution in [0.2, 0.25) is 0 Å². The Bertz CT molecular complexity index is 1190. The highest BCUT2D eigenvalue weighted by Gasteiger charge is 2.22. The van der Waals surface area contributed by atoms with Gasteiger partial charge in [-0.3, -0.25) is 4.79 Å². The van der Waals surface area contributed by atoms with Gasteiger partial charge in [0, 0.05) is 12.1 Å². The molecule has 0 aliphatic heterocycles. The standard InChI is InChI=1S/C36H50N2O3/c1-2-3-4-5-6-7-8-9-10-11-12-13-14-15-16-22-27-38-36(40)41-34-32(29-23-18-17-19-24-29)28-30-25-20-21-26-31(30)33(34)35(37)39/h17-21,23-26,28H,2-16,22,27H2,1H3,(H2,37,39)(H,38,40). The van der Waals surface area contributed by atoms with Crippen LogP contribution in [0.25, 0.3) is 21.9 Å². The minimum absolute atomic E-state index is 0.201. The molecule has 222 valence electrons. The van der Waals surface area contributed by atoms with Gasteiger partial charge in [-0.05, 0) is 28.8 Å². The molecule has 0 bridgehead atoms. The molecule has 41 heavy (non-hydrogen) atoms. The van der Waals surface area contributed by atoms with Crippen LogP contribution in [0.5, 0.6) is 5.75 Å². The molecule has 5 heteroatoms. The van der Waals surface area contributed by atoms with Crippen molar-refractivity contribution < 1.29 is 14.3 Å². The van der Waals surface area contributed by atoms with Gasteiger partial charge in [-0.15, -0.1) is 0 Å². The van der Waals surface area contributed by atoms with Crippen LogP contribution in [0.15, 0.2) is 60.7 Å². The number of amides is 2. The van der Waals surface area contributed by atoms with E-state index in [1.807, 2.05) is 60.7 Å². The third-order valence-electron chi connectivity index (χ3n) is 7.83. The summed E-state index contributed by atoms with van der Waals surface area (Å²) < 4.78 is 5.78. The van der Waals surface area contributed by atoms with Crippen LogP contribution in [0.1, 0.15) is 120 Å². The lowest BCUT2D eigenvalue weighted by molar-refractivity contribution is 0.0999. The van der Waals surface area contributed by atoms with Crippen molar-refractivity contribution in [3.63, 3.8) is 0 Å². The van der Waals surface area contributed by atoms with Crippen molar-refractivity contribution in [3.8, 4) is 16.9 Å². The number of nitrogens with two attached hydrogens (primary N) is 1. The number of carbonyl (C=O) groups is 2. The zero-order valence-electron chi connectivity index (χ0n) is 25.1. The van der Waals surface area contributed by atoms with Crippen molar-refractivity contribution in [2.24, 2.45) is 5.73 Å². The normalized spacial score (nSPS) is 11.0. The molecule has 0 fully saturated rings. The molecule has 0 unspecified atom stereocenters. The summed E-state index contributed by atoms with van der Waals surface area (Å²) in [6.07, 6.45) is 20.4. The zero-order chi connectivity index (χ0) is 29.1. The Labute approximate surface area is 247 Å². The van der Waals surface area contributed by atoms with Crippen molar-refractivity contribution >= 4 is 22.8 Å². The zero-order valence-corrected chi connectivity index (χ0v) is 25.1. The second kappa shape index (κ2) is 18.9. The number of benzene rings is 3. The highest BCUT2D eigenvalue weighted by Crippen LogP contribution is 2.38. The van der Waals surface area contributed by atoms with E-state index >= 15 is 0 Å². The highest BCUT2D eigenvalue weighted by molar-refractivity contribution is 6.12. The maximum Gasteiger partial charge on any atom is 0.412 e. The second-order valence-electron chi connectivity index (χ2n) is 11.2. The SMILES string of the molecule is CCCCCCCCCCCCCCCCCCNC(=O)Oc1c(-c2ccccc2)cc2ccccc2c1C(N)=O. The quantitative estimate of drug-likeness (QED) is 0.135. The molecule has 0 heterocycles. The molecule has 0 saturated carbocycles. The van der Waals surface area contributed by atoms with Crippen LogP contribution in [-0.4, -0.2) is 18.5 Å². The van der Waals surface area contributed by atoms with E-state index in [9.17, 15) is 9.59 Å². The molecule has 0 aliphatic carbocycles. The minimum atomic E-state index is -0.625. The van der Waals surface area contributed by atoms with Gasteiger partial charge in [0.2, 0.25) is 0 Å². The summed E-state index contributed by atoms with van der Waals surface area (Å²) >= 11 is 0.